The van der Waals surface area contributed by atoms with E-state index in [1.807, 2.05) is 0 Å². The Labute approximate surface area is 145 Å². The van der Waals surface area contributed by atoms with Crippen molar-refractivity contribution in [2.24, 2.45) is 5.10 Å². The second-order valence-electron chi connectivity index (χ2n) is 5.78. The Morgan fingerprint density at radius 1 is 1.40 bits per heavy atom. The van der Waals surface area contributed by atoms with Gasteiger partial charge in [0, 0.05) is 38.1 Å². The van der Waals surface area contributed by atoms with Crippen LogP contribution >= 0.6 is 0 Å². The van der Waals surface area contributed by atoms with Crippen molar-refractivity contribution in [2.75, 3.05) is 7.05 Å². The molecule has 132 valence electrons. The zero-order chi connectivity index (χ0) is 18.4. The van der Waals surface area contributed by atoms with Gasteiger partial charge < -0.3 is 5.32 Å². The molecule has 0 aromatic heterocycles. The molecular weight excluding hydrogens is 324 g/mol. The molecule has 1 aliphatic rings. The number of carbonyl (C=O) groups is 4. The maximum absolute atomic E-state index is 11.8. The molecule has 2 N–H and O–H groups in total. The van der Waals surface area contributed by atoms with Gasteiger partial charge in [-0.1, -0.05) is 12.1 Å². The van der Waals surface area contributed by atoms with E-state index < -0.39 is 6.04 Å². The number of aldehydes is 1. The lowest BCUT2D eigenvalue weighted by molar-refractivity contribution is -0.137. The lowest BCUT2D eigenvalue weighted by Gasteiger charge is -2.27. The summed E-state index contributed by atoms with van der Waals surface area (Å²) in [5, 5.41) is 10.7. The fraction of sp³-hybridized carbons (Fsp3) is 0.353. The molecule has 0 spiro atoms. The van der Waals surface area contributed by atoms with Crippen molar-refractivity contribution >= 4 is 30.2 Å². The minimum absolute atomic E-state index is 0.146. The SMILES string of the molecule is CC(=O)NCc1ccc(C=O)c(/C=N\N(C)C2CCC(=O)NC2=O)c1. The number of hydrogen-bond donors (Lipinski definition) is 2. The molecule has 1 unspecified atom stereocenters. The molecule has 25 heavy (non-hydrogen) atoms. The highest BCUT2D eigenvalue weighted by Gasteiger charge is 2.29. The Hall–Kier alpha value is -3.03. The van der Waals surface area contributed by atoms with Gasteiger partial charge >= 0.3 is 0 Å². The standard InChI is InChI=1S/C17H20N4O4/c1-11(23)18-8-12-3-4-13(10-22)14(7-12)9-19-21(2)15-5-6-16(24)20-17(15)25/h3-4,7,9-10,15H,5-6,8H2,1-2H3,(H,18,23)(H,20,24,25)/b19-9-. The summed E-state index contributed by atoms with van der Waals surface area (Å²) in [6.45, 7) is 1.77. The molecule has 2 rings (SSSR count). The highest BCUT2D eigenvalue weighted by molar-refractivity contribution is 6.00. The Kier molecular flexibility index (Phi) is 5.99. The number of likely N-dealkylation sites (N-methyl/N-ethyl adjacent to an activating group) is 1. The molecule has 1 saturated heterocycles. The predicted molar refractivity (Wildman–Crippen MR) is 90.9 cm³/mol. The molecule has 8 nitrogen and oxygen atoms in total. The smallest absolute Gasteiger partial charge is 0.250 e. The zero-order valence-electron chi connectivity index (χ0n) is 14.1. The van der Waals surface area contributed by atoms with Crippen molar-refractivity contribution < 1.29 is 19.2 Å². The van der Waals surface area contributed by atoms with Crippen LogP contribution < -0.4 is 10.6 Å². The van der Waals surface area contributed by atoms with Crippen molar-refractivity contribution in [1.29, 1.82) is 0 Å². The van der Waals surface area contributed by atoms with Crippen molar-refractivity contribution in [3.8, 4) is 0 Å². The van der Waals surface area contributed by atoms with E-state index in [1.54, 1.807) is 25.2 Å². The Morgan fingerprint density at radius 2 is 2.16 bits per heavy atom. The second-order valence-corrected chi connectivity index (χ2v) is 5.78. The molecular formula is C17H20N4O4. The summed E-state index contributed by atoms with van der Waals surface area (Å²) in [7, 11) is 1.64. The largest absolute Gasteiger partial charge is 0.352 e. The highest BCUT2D eigenvalue weighted by Crippen LogP contribution is 2.13. The van der Waals surface area contributed by atoms with E-state index in [-0.39, 0.29) is 24.1 Å². The van der Waals surface area contributed by atoms with Gasteiger partial charge in [-0.2, -0.15) is 5.10 Å². The number of amides is 3. The van der Waals surface area contributed by atoms with E-state index in [1.165, 1.54) is 18.1 Å². The van der Waals surface area contributed by atoms with Gasteiger partial charge in [0.1, 0.15) is 6.04 Å². The van der Waals surface area contributed by atoms with E-state index >= 15 is 0 Å². The van der Waals surface area contributed by atoms with Gasteiger partial charge in [0.05, 0.1) is 6.21 Å². The van der Waals surface area contributed by atoms with Gasteiger partial charge in [-0.15, -0.1) is 0 Å². The minimum atomic E-state index is -0.531. The van der Waals surface area contributed by atoms with Crippen LogP contribution in [0.15, 0.2) is 23.3 Å². The summed E-state index contributed by atoms with van der Waals surface area (Å²) in [5.41, 5.74) is 1.86. The number of nitrogens with zero attached hydrogens (tertiary/aromatic N) is 2. The Morgan fingerprint density at radius 3 is 2.80 bits per heavy atom. The van der Waals surface area contributed by atoms with E-state index in [4.69, 9.17) is 0 Å². The summed E-state index contributed by atoms with van der Waals surface area (Å²) >= 11 is 0. The monoisotopic (exact) mass is 344 g/mol. The third-order valence-corrected chi connectivity index (χ3v) is 3.86. The fourth-order valence-electron chi connectivity index (χ4n) is 2.45. The molecule has 1 heterocycles. The van der Waals surface area contributed by atoms with Crippen LogP contribution in [0.3, 0.4) is 0 Å². The maximum Gasteiger partial charge on any atom is 0.250 e. The van der Waals surface area contributed by atoms with E-state index in [0.717, 1.165) is 11.8 Å². The lowest BCUT2D eigenvalue weighted by Crippen LogP contribution is -2.49. The molecule has 1 fully saturated rings. The number of nitrogens with one attached hydrogen (secondary N) is 2. The molecule has 0 radical (unpaired) electrons. The van der Waals surface area contributed by atoms with Crippen LogP contribution in [0.2, 0.25) is 0 Å². The first-order chi connectivity index (χ1) is 11.9. The van der Waals surface area contributed by atoms with E-state index in [9.17, 15) is 19.2 Å². The van der Waals surface area contributed by atoms with Crippen molar-refractivity contribution in [3.63, 3.8) is 0 Å². The molecule has 1 aliphatic heterocycles. The number of piperidine rings is 1. The molecule has 1 atom stereocenters. The minimum Gasteiger partial charge on any atom is -0.352 e. The van der Waals surface area contributed by atoms with Crippen molar-refractivity contribution in [1.82, 2.24) is 15.6 Å². The quantitative estimate of drug-likeness (QED) is 0.332. The Bertz CT molecular complexity index is 729. The average Bonchev–Trinajstić information content (AvgIpc) is 2.57. The van der Waals surface area contributed by atoms with Crippen LogP contribution in [0, 0.1) is 0 Å². The molecule has 3 amide bonds. The number of benzene rings is 1. The summed E-state index contributed by atoms with van der Waals surface area (Å²) in [6.07, 6.45) is 2.86. The van der Waals surface area contributed by atoms with Crippen LogP contribution in [0.1, 0.15) is 41.3 Å². The predicted octanol–water partition coefficient (Wildman–Crippen LogP) is 0.206. The van der Waals surface area contributed by atoms with Crippen molar-refractivity contribution in [3.05, 3.63) is 34.9 Å². The topological polar surface area (TPSA) is 108 Å². The summed E-state index contributed by atoms with van der Waals surface area (Å²) < 4.78 is 0. The van der Waals surface area contributed by atoms with Crippen LogP contribution in [-0.2, 0) is 20.9 Å². The number of rotatable bonds is 6. The van der Waals surface area contributed by atoms with Crippen LogP contribution in [0.5, 0.6) is 0 Å². The molecule has 0 aliphatic carbocycles. The maximum atomic E-state index is 11.8. The Balaban J connectivity index is 2.13. The first-order valence-corrected chi connectivity index (χ1v) is 7.83. The van der Waals surface area contributed by atoms with Crippen molar-refractivity contribution in [2.45, 2.75) is 32.4 Å². The summed E-state index contributed by atoms with van der Waals surface area (Å²) in [4.78, 5) is 45.2. The van der Waals surface area contributed by atoms with Gasteiger partial charge in [-0.05, 0) is 18.1 Å². The molecule has 1 aromatic carbocycles. The summed E-state index contributed by atoms with van der Waals surface area (Å²) in [6, 6.07) is 4.62. The zero-order valence-corrected chi connectivity index (χ0v) is 14.1. The normalized spacial score (nSPS) is 17.3. The van der Waals surface area contributed by atoms with E-state index in [0.29, 0.717) is 24.1 Å². The van der Waals surface area contributed by atoms with Crippen LogP contribution in [0.25, 0.3) is 0 Å². The first-order valence-electron chi connectivity index (χ1n) is 7.83. The van der Waals surface area contributed by atoms with E-state index in [2.05, 4.69) is 15.7 Å². The number of hydrogen-bond acceptors (Lipinski definition) is 6. The molecule has 8 heteroatoms. The molecule has 1 aromatic rings. The van der Waals surface area contributed by atoms with Gasteiger partial charge in [0.2, 0.25) is 11.8 Å². The highest BCUT2D eigenvalue weighted by atomic mass is 16.2. The van der Waals surface area contributed by atoms with Gasteiger partial charge in [-0.3, -0.25) is 29.5 Å². The summed E-state index contributed by atoms with van der Waals surface area (Å²) in [5.74, 6) is -0.814. The first kappa shape index (κ1) is 18.3. The van der Waals surface area contributed by atoms with Crippen LogP contribution in [0.4, 0.5) is 0 Å². The molecule has 0 saturated carbocycles. The average molecular weight is 344 g/mol. The number of carbonyl (C=O) groups excluding carboxylic acids is 4. The molecule has 0 bridgehead atoms. The third kappa shape index (κ3) is 4.97. The lowest BCUT2D eigenvalue weighted by atomic mass is 10.1. The second kappa shape index (κ2) is 8.18. The number of hydrazone groups is 1. The van der Waals surface area contributed by atoms with Gasteiger partial charge in [-0.25, -0.2) is 0 Å². The number of imide groups is 1. The van der Waals surface area contributed by atoms with Gasteiger partial charge in [0.25, 0.3) is 5.91 Å². The fourth-order valence-corrected chi connectivity index (χ4v) is 2.45. The third-order valence-electron chi connectivity index (χ3n) is 3.86. The van der Waals surface area contributed by atoms with Crippen LogP contribution in [-0.4, -0.2) is 48.3 Å². The van der Waals surface area contributed by atoms with Gasteiger partial charge in [0.15, 0.2) is 6.29 Å².